The van der Waals surface area contributed by atoms with E-state index in [-0.39, 0.29) is 5.75 Å². The molecule has 0 spiro atoms. The smallest absolute Gasteiger partial charge is 0.405 e. The molecule has 0 aliphatic heterocycles. The lowest BCUT2D eigenvalue weighted by atomic mass is 9.89. The van der Waals surface area contributed by atoms with E-state index >= 15 is 0 Å². The zero-order valence-electron chi connectivity index (χ0n) is 11.8. The zero-order valence-corrected chi connectivity index (χ0v) is 11.8. The number of alkyl halides is 3. The largest absolute Gasteiger partial charge is 0.573 e. The van der Waals surface area contributed by atoms with Gasteiger partial charge in [0, 0.05) is 12.1 Å². The van der Waals surface area contributed by atoms with E-state index in [1.807, 2.05) is 0 Å². The molecule has 0 radical (unpaired) electrons. The Morgan fingerprint density at radius 2 is 1.95 bits per heavy atom. The highest BCUT2D eigenvalue weighted by atomic mass is 19.4. The van der Waals surface area contributed by atoms with Crippen LogP contribution in [-0.4, -0.2) is 12.9 Å². The maximum atomic E-state index is 12.3. The molecule has 0 saturated heterocycles. The molecule has 2 saturated carbocycles. The first kappa shape index (κ1) is 14.7. The summed E-state index contributed by atoms with van der Waals surface area (Å²) in [7, 11) is 0. The van der Waals surface area contributed by atoms with Gasteiger partial charge in [-0.05, 0) is 49.6 Å². The van der Waals surface area contributed by atoms with E-state index in [0.29, 0.717) is 18.0 Å². The van der Waals surface area contributed by atoms with E-state index in [2.05, 4.69) is 10.1 Å². The average molecular weight is 299 g/mol. The number of para-hydroxylation sites is 1. The van der Waals surface area contributed by atoms with Crippen molar-refractivity contribution in [1.29, 1.82) is 0 Å². The minimum absolute atomic E-state index is 0.106. The predicted octanol–water partition coefficient (Wildman–Crippen LogP) is 4.11. The van der Waals surface area contributed by atoms with Crippen molar-refractivity contribution in [3.8, 4) is 5.75 Å². The van der Waals surface area contributed by atoms with Crippen molar-refractivity contribution in [3.63, 3.8) is 0 Å². The summed E-state index contributed by atoms with van der Waals surface area (Å²) in [5.41, 5.74) is 0.554. The fourth-order valence-corrected chi connectivity index (χ4v) is 3.89. The topological polar surface area (TPSA) is 21.3 Å². The van der Waals surface area contributed by atoms with Crippen molar-refractivity contribution in [2.75, 3.05) is 6.54 Å². The van der Waals surface area contributed by atoms with Crippen molar-refractivity contribution in [3.05, 3.63) is 29.8 Å². The van der Waals surface area contributed by atoms with E-state index in [0.717, 1.165) is 18.4 Å². The number of fused-ring (bicyclic) bond motifs is 2. The molecule has 1 N–H and O–H groups in total. The number of hydrogen-bond acceptors (Lipinski definition) is 2. The van der Waals surface area contributed by atoms with Gasteiger partial charge in [-0.25, -0.2) is 0 Å². The first-order valence-corrected chi connectivity index (χ1v) is 7.55. The number of rotatable bonds is 5. The van der Waals surface area contributed by atoms with Crippen molar-refractivity contribution in [1.82, 2.24) is 5.32 Å². The van der Waals surface area contributed by atoms with Crippen LogP contribution >= 0.6 is 0 Å². The summed E-state index contributed by atoms with van der Waals surface area (Å²) in [6, 6.07) is 6.33. The van der Waals surface area contributed by atoms with E-state index < -0.39 is 6.36 Å². The molecule has 3 atom stereocenters. The highest BCUT2D eigenvalue weighted by Gasteiger charge is 2.39. The number of halogens is 3. The lowest BCUT2D eigenvalue weighted by Crippen LogP contribution is -2.26. The molecule has 1 aromatic rings. The van der Waals surface area contributed by atoms with Gasteiger partial charge < -0.3 is 10.1 Å². The van der Waals surface area contributed by atoms with Crippen molar-refractivity contribution >= 4 is 0 Å². The minimum Gasteiger partial charge on any atom is -0.405 e. The molecule has 2 aliphatic carbocycles. The van der Waals surface area contributed by atoms with Gasteiger partial charge in [0.1, 0.15) is 5.75 Å². The third kappa shape index (κ3) is 3.70. The molecule has 2 fully saturated rings. The van der Waals surface area contributed by atoms with Gasteiger partial charge in [0.25, 0.3) is 0 Å². The summed E-state index contributed by atoms with van der Waals surface area (Å²) in [6.07, 6.45) is 0.674. The van der Waals surface area contributed by atoms with E-state index in [1.54, 1.807) is 18.2 Å². The Morgan fingerprint density at radius 1 is 1.14 bits per heavy atom. The highest BCUT2D eigenvalue weighted by Crippen LogP contribution is 2.47. The molecule has 116 valence electrons. The first-order valence-electron chi connectivity index (χ1n) is 7.55. The Morgan fingerprint density at radius 3 is 2.62 bits per heavy atom. The summed E-state index contributed by atoms with van der Waals surface area (Å²) in [4.78, 5) is 0. The molecule has 3 rings (SSSR count). The van der Waals surface area contributed by atoms with Crippen LogP contribution in [0.4, 0.5) is 13.2 Å². The van der Waals surface area contributed by atoms with Crippen LogP contribution in [0.1, 0.15) is 31.2 Å². The second-order valence-electron chi connectivity index (χ2n) is 6.22. The van der Waals surface area contributed by atoms with E-state index in [4.69, 9.17) is 0 Å². The molecule has 2 nitrogen and oxygen atoms in total. The van der Waals surface area contributed by atoms with Crippen molar-refractivity contribution in [2.45, 2.75) is 38.6 Å². The summed E-state index contributed by atoms with van der Waals surface area (Å²) >= 11 is 0. The third-order valence-corrected chi connectivity index (χ3v) is 4.80. The Bertz CT molecular complexity index is 489. The molecule has 5 heteroatoms. The van der Waals surface area contributed by atoms with E-state index in [1.165, 1.54) is 31.7 Å². The Kier molecular flexibility index (Phi) is 4.11. The maximum absolute atomic E-state index is 12.3. The number of benzene rings is 1. The van der Waals surface area contributed by atoms with E-state index in [9.17, 15) is 13.2 Å². The molecule has 21 heavy (non-hydrogen) atoms. The van der Waals surface area contributed by atoms with Gasteiger partial charge >= 0.3 is 6.36 Å². The Hall–Kier alpha value is -1.23. The van der Waals surface area contributed by atoms with Crippen LogP contribution in [0.3, 0.4) is 0 Å². The fourth-order valence-electron chi connectivity index (χ4n) is 3.89. The van der Waals surface area contributed by atoms with Gasteiger partial charge in [-0.2, -0.15) is 0 Å². The summed E-state index contributed by atoms with van der Waals surface area (Å²) < 4.78 is 41.1. The number of ether oxygens (including phenoxy) is 1. The summed E-state index contributed by atoms with van der Waals surface area (Å²) in [5, 5.41) is 3.31. The van der Waals surface area contributed by atoms with Crippen LogP contribution in [0.25, 0.3) is 0 Å². The molecule has 2 aliphatic rings. The molecule has 1 aromatic carbocycles. The highest BCUT2D eigenvalue weighted by molar-refractivity contribution is 5.33. The molecular formula is C16H20F3NO. The van der Waals surface area contributed by atoms with Crippen LogP contribution in [0.5, 0.6) is 5.75 Å². The summed E-state index contributed by atoms with van der Waals surface area (Å²) in [5.74, 6) is 2.30. The van der Waals surface area contributed by atoms with Gasteiger partial charge in [0.05, 0.1) is 0 Å². The molecule has 0 heterocycles. The molecule has 0 amide bonds. The monoisotopic (exact) mass is 299 g/mol. The molecule has 3 unspecified atom stereocenters. The second kappa shape index (κ2) is 5.87. The van der Waals surface area contributed by atoms with Crippen LogP contribution < -0.4 is 10.1 Å². The number of hydrogen-bond donors (Lipinski definition) is 1. The third-order valence-electron chi connectivity index (χ3n) is 4.80. The van der Waals surface area contributed by atoms with Gasteiger partial charge in [-0.15, -0.1) is 13.2 Å². The van der Waals surface area contributed by atoms with Gasteiger partial charge in [-0.1, -0.05) is 24.6 Å². The average Bonchev–Trinajstić information content (AvgIpc) is 3.01. The lowest BCUT2D eigenvalue weighted by molar-refractivity contribution is -0.274. The maximum Gasteiger partial charge on any atom is 0.573 e. The van der Waals surface area contributed by atoms with Crippen molar-refractivity contribution < 1.29 is 17.9 Å². The molecule has 2 bridgehead atoms. The molecular weight excluding hydrogens is 279 g/mol. The normalized spacial score (nSPS) is 28.0. The predicted molar refractivity (Wildman–Crippen MR) is 73.8 cm³/mol. The zero-order chi connectivity index (χ0) is 14.9. The van der Waals surface area contributed by atoms with Gasteiger partial charge in [-0.3, -0.25) is 0 Å². The Labute approximate surface area is 122 Å². The standard InChI is InChI=1S/C16H20F3NO/c17-16(18,19)21-15-4-2-1-3-13(15)9-20-10-14-8-11-5-6-12(14)7-11/h1-4,11-12,14,20H,5-10H2. The summed E-state index contributed by atoms with van der Waals surface area (Å²) in [6.45, 7) is 1.31. The van der Waals surface area contributed by atoms with Crippen LogP contribution in [0, 0.1) is 17.8 Å². The van der Waals surface area contributed by atoms with Crippen LogP contribution in [-0.2, 0) is 6.54 Å². The quantitative estimate of drug-likeness (QED) is 0.883. The van der Waals surface area contributed by atoms with Gasteiger partial charge in [0.15, 0.2) is 0 Å². The van der Waals surface area contributed by atoms with Crippen LogP contribution in [0.15, 0.2) is 24.3 Å². The Balaban J connectivity index is 1.53. The first-order chi connectivity index (χ1) is 10.0. The fraction of sp³-hybridized carbons (Fsp3) is 0.625. The lowest BCUT2D eigenvalue weighted by Gasteiger charge is -2.22. The number of nitrogens with one attached hydrogen (secondary N) is 1. The minimum atomic E-state index is -4.64. The van der Waals surface area contributed by atoms with Crippen LogP contribution in [0.2, 0.25) is 0 Å². The molecule has 0 aromatic heterocycles. The van der Waals surface area contributed by atoms with Crippen molar-refractivity contribution in [2.24, 2.45) is 17.8 Å². The second-order valence-corrected chi connectivity index (χ2v) is 6.22. The SMILES string of the molecule is FC(F)(F)Oc1ccccc1CNCC1CC2CCC1C2. The van der Waals surface area contributed by atoms with Gasteiger partial charge in [0.2, 0.25) is 0 Å².